The Bertz CT molecular complexity index is 584. The summed E-state index contributed by atoms with van der Waals surface area (Å²) in [7, 11) is 0. The number of carbonyl (C=O) groups is 1. The highest BCUT2D eigenvalue weighted by Gasteiger charge is 2.36. The molecule has 2 bridgehead atoms. The van der Waals surface area contributed by atoms with Crippen molar-refractivity contribution < 1.29 is 4.79 Å². The number of fused-ring (bicyclic) bond motifs is 2. The summed E-state index contributed by atoms with van der Waals surface area (Å²) in [5, 5.41) is 3.67. The van der Waals surface area contributed by atoms with Gasteiger partial charge in [-0.15, -0.1) is 12.4 Å². The molecule has 3 saturated heterocycles. The lowest BCUT2D eigenvalue weighted by molar-refractivity contribution is -0.133. The Kier molecular flexibility index (Phi) is 5.89. The number of benzene rings is 1. The molecule has 0 aromatic heterocycles. The Morgan fingerprint density at radius 1 is 1.21 bits per heavy atom. The lowest BCUT2D eigenvalue weighted by atomic mass is 9.89. The SMILES string of the molecule is Cl.O=C(CC1CC2CCC(C1)N2)N1CCCC1c1cccc(Br)c1. The van der Waals surface area contributed by atoms with Crippen molar-refractivity contribution in [3.05, 3.63) is 34.3 Å². The first kappa shape index (κ1) is 18.2. The third-order valence-corrected chi connectivity index (χ3v) is 6.33. The molecule has 0 aliphatic carbocycles. The summed E-state index contributed by atoms with van der Waals surface area (Å²) < 4.78 is 1.10. The van der Waals surface area contributed by atoms with Crippen molar-refractivity contribution in [1.29, 1.82) is 0 Å². The van der Waals surface area contributed by atoms with Gasteiger partial charge in [0.05, 0.1) is 6.04 Å². The van der Waals surface area contributed by atoms with Crippen LogP contribution in [0.5, 0.6) is 0 Å². The molecule has 0 radical (unpaired) electrons. The third-order valence-electron chi connectivity index (χ3n) is 5.84. The molecule has 0 saturated carbocycles. The average molecular weight is 414 g/mol. The summed E-state index contributed by atoms with van der Waals surface area (Å²) in [6.45, 7) is 0.924. The molecule has 132 valence electrons. The minimum Gasteiger partial charge on any atom is -0.336 e. The van der Waals surface area contributed by atoms with Crippen LogP contribution in [0, 0.1) is 5.92 Å². The molecular formula is C19H26BrClN2O. The van der Waals surface area contributed by atoms with Crippen molar-refractivity contribution in [2.24, 2.45) is 5.92 Å². The molecule has 3 fully saturated rings. The minimum absolute atomic E-state index is 0. The highest BCUT2D eigenvalue weighted by atomic mass is 79.9. The van der Waals surface area contributed by atoms with Crippen LogP contribution >= 0.6 is 28.3 Å². The number of nitrogens with one attached hydrogen (secondary N) is 1. The van der Waals surface area contributed by atoms with Gasteiger partial charge in [0.2, 0.25) is 5.91 Å². The van der Waals surface area contributed by atoms with Crippen LogP contribution in [0.2, 0.25) is 0 Å². The molecule has 1 N–H and O–H groups in total. The Hall–Kier alpha value is -0.580. The number of hydrogen-bond acceptors (Lipinski definition) is 2. The van der Waals surface area contributed by atoms with E-state index in [2.05, 4.69) is 50.4 Å². The molecule has 24 heavy (non-hydrogen) atoms. The summed E-state index contributed by atoms with van der Waals surface area (Å²) in [4.78, 5) is 15.1. The fourth-order valence-corrected chi connectivity index (χ4v) is 5.25. The second kappa shape index (κ2) is 7.76. The van der Waals surface area contributed by atoms with E-state index < -0.39 is 0 Å². The topological polar surface area (TPSA) is 32.3 Å². The van der Waals surface area contributed by atoms with E-state index in [1.807, 2.05) is 0 Å². The first-order valence-electron chi connectivity index (χ1n) is 9.00. The molecule has 5 heteroatoms. The zero-order valence-corrected chi connectivity index (χ0v) is 16.3. The number of halogens is 2. The summed E-state index contributed by atoms with van der Waals surface area (Å²) in [6.07, 6.45) is 7.97. The number of nitrogens with zero attached hydrogens (tertiary/aromatic N) is 1. The van der Waals surface area contributed by atoms with Gasteiger partial charge in [-0.05, 0) is 62.1 Å². The van der Waals surface area contributed by atoms with E-state index in [0.717, 1.165) is 30.3 Å². The number of carbonyl (C=O) groups excluding carboxylic acids is 1. The zero-order chi connectivity index (χ0) is 15.8. The van der Waals surface area contributed by atoms with Gasteiger partial charge in [0.15, 0.2) is 0 Å². The second-order valence-electron chi connectivity index (χ2n) is 7.48. The van der Waals surface area contributed by atoms with E-state index in [1.165, 1.54) is 31.2 Å². The van der Waals surface area contributed by atoms with Gasteiger partial charge in [0.1, 0.15) is 0 Å². The minimum atomic E-state index is 0. The Morgan fingerprint density at radius 2 is 1.96 bits per heavy atom. The number of amides is 1. The van der Waals surface area contributed by atoms with Gasteiger partial charge in [-0.3, -0.25) is 4.79 Å². The highest BCUT2D eigenvalue weighted by molar-refractivity contribution is 9.10. The predicted molar refractivity (Wildman–Crippen MR) is 102 cm³/mol. The van der Waals surface area contributed by atoms with E-state index in [0.29, 0.717) is 23.9 Å². The number of piperidine rings is 1. The van der Waals surface area contributed by atoms with Crippen LogP contribution in [-0.2, 0) is 4.79 Å². The van der Waals surface area contributed by atoms with Gasteiger partial charge in [0, 0.05) is 29.5 Å². The molecule has 3 aliphatic rings. The summed E-state index contributed by atoms with van der Waals surface area (Å²) in [5.74, 6) is 0.962. The molecule has 3 heterocycles. The normalized spacial score (nSPS) is 31.8. The summed E-state index contributed by atoms with van der Waals surface area (Å²) in [5.41, 5.74) is 1.27. The standard InChI is InChI=1S/C19H25BrN2O.ClH/c20-15-4-1-3-14(12-15)18-5-2-8-22(18)19(23)11-13-9-16-6-7-17(10-13)21-16;/h1,3-4,12-13,16-18,21H,2,5-11H2;1H. The number of hydrogen-bond donors (Lipinski definition) is 1. The van der Waals surface area contributed by atoms with Crippen molar-refractivity contribution in [1.82, 2.24) is 10.2 Å². The van der Waals surface area contributed by atoms with Crippen molar-refractivity contribution >= 4 is 34.2 Å². The lowest BCUT2D eigenvalue weighted by Crippen LogP contribution is -2.40. The van der Waals surface area contributed by atoms with E-state index in [9.17, 15) is 4.79 Å². The monoisotopic (exact) mass is 412 g/mol. The Balaban J connectivity index is 0.00000169. The zero-order valence-electron chi connectivity index (χ0n) is 13.9. The molecular weight excluding hydrogens is 388 g/mol. The molecule has 4 rings (SSSR count). The van der Waals surface area contributed by atoms with E-state index in [4.69, 9.17) is 0 Å². The van der Waals surface area contributed by atoms with Crippen LogP contribution in [0.15, 0.2) is 28.7 Å². The first-order valence-corrected chi connectivity index (χ1v) is 9.79. The van der Waals surface area contributed by atoms with Gasteiger partial charge in [-0.1, -0.05) is 28.1 Å². The lowest BCUT2D eigenvalue weighted by Gasteiger charge is -2.31. The maximum Gasteiger partial charge on any atom is 0.223 e. The maximum absolute atomic E-state index is 12.9. The smallest absolute Gasteiger partial charge is 0.223 e. The largest absolute Gasteiger partial charge is 0.336 e. The van der Waals surface area contributed by atoms with Crippen molar-refractivity contribution in [2.45, 2.75) is 63.1 Å². The van der Waals surface area contributed by atoms with Crippen LogP contribution < -0.4 is 5.32 Å². The van der Waals surface area contributed by atoms with E-state index in [1.54, 1.807) is 0 Å². The molecule has 0 spiro atoms. The highest BCUT2D eigenvalue weighted by Crippen LogP contribution is 2.37. The van der Waals surface area contributed by atoms with Crippen LogP contribution in [0.4, 0.5) is 0 Å². The van der Waals surface area contributed by atoms with Gasteiger partial charge in [-0.25, -0.2) is 0 Å². The summed E-state index contributed by atoms with van der Waals surface area (Å²) in [6, 6.07) is 10.1. The van der Waals surface area contributed by atoms with Crippen LogP contribution in [-0.4, -0.2) is 29.4 Å². The maximum atomic E-state index is 12.9. The Labute approximate surface area is 159 Å². The fourth-order valence-electron chi connectivity index (χ4n) is 4.83. The quantitative estimate of drug-likeness (QED) is 0.793. The van der Waals surface area contributed by atoms with Gasteiger partial charge >= 0.3 is 0 Å². The fraction of sp³-hybridized carbons (Fsp3) is 0.632. The van der Waals surface area contributed by atoms with Crippen LogP contribution in [0.1, 0.15) is 56.6 Å². The number of rotatable bonds is 3. The van der Waals surface area contributed by atoms with Crippen molar-refractivity contribution in [3.63, 3.8) is 0 Å². The summed E-state index contributed by atoms with van der Waals surface area (Å²) >= 11 is 3.56. The van der Waals surface area contributed by atoms with E-state index in [-0.39, 0.29) is 18.4 Å². The molecule has 3 aliphatic heterocycles. The molecule has 3 unspecified atom stereocenters. The number of likely N-dealkylation sites (tertiary alicyclic amines) is 1. The predicted octanol–water partition coefficient (Wildman–Crippen LogP) is 4.46. The molecule has 1 aromatic carbocycles. The molecule has 3 nitrogen and oxygen atoms in total. The van der Waals surface area contributed by atoms with Gasteiger partial charge in [-0.2, -0.15) is 0 Å². The van der Waals surface area contributed by atoms with E-state index >= 15 is 0 Å². The molecule has 1 aromatic rings. The van der Waals surface area contributed by atoms with Gasteiger partial charge < -0.3 is 10.2 Å². The van der Waals surface area contributed by atoms with Gasteiger partial charge in [0.25, 0.3) is 0 Å². The first-order chi connectivity index (χ1) is 11.2. The molecule has 1 amide bonds. The second-order valence-corrected chi connectivity index (χ2v) is 8.40. The van der Waals surface area contributed by atoms with Crippen molar-refractivity contribution in [3.8, 4) is 0 Å². The Morgan fingerprint density at radius 3 is 2.67 bits per heavy atom. The third kappa shape index (κ3) is 3.81. The van der Waals surface area contributed by atoms with Crippen LogP contribution in [0.25, 0.3) is 0 Å². The van der Waals surface area contributed by atoms with Crippen LogP contribution in [0.3, 0.4) is 0 Å². The van der Waals surface area contributed by atoms with Crippen molar-refractivity contribution in [2.75, 3.05) is 6.54 Å². The molecule has 3 atom stereocenters. The average Bonchev–Trinajstić information content (AvgIpc) is 3.14.